The van der Waals surface area contributed by atoms with Gasteiger partial charge in [-0.1, -0.05) is 12.1 Å². The van der Waals surface area contributed by atoms with Gasteiger partial charge in [0.15, 0.2) is 0 Å². The molecule has 7 nitrogen and oxygen atoms in total. The molecular formula is C21H22N6O. The van der Waals surface area contributed by atoms with Gasteiger partial charge in [-0.2, -0.15) is 5.26 Å². The van der Waals surface area contributed by atoms with Crippen LogP contribution in [0.3, 0.4) is 0 Å². The molecule has 1 aromatic heterocycles. The van der Waals surface area contributed by atoms with Crippen LogP contribution in [-0.4, -0.2) is 41.8 Å². The van der Waals surface area contributed by atoms with Gasteiger partial charge >= 0.3 is 0 Å². The summed E-state index contributed by atoms with van der Waals surface area (Å²) in [5.41, 5.74) is 4.85. The normalized spacial score (nSPS) is 13.7. The monoisotopic (exact) mass is 374 g/mol. The Morgan fingerprint density at radius 2 is 1.93 bits per heavy atom. The third kappa shape index (κ3) is 4.18. The zero-order chi connectivity index (χ0) is 20.1. The standard InChI is InChI=1S/C21H22N6O/c1-14(28)27-10-9-20(24-2)19(13-27)21(23)26-17-6-3-15(4-7-17)16-5-8-18(11-22)25-12-16/h3-8,12,24H,9-10,13H2,1-2H3,(H2,23,26). The number of aromatic nitrogens is 1. The van der Waals surface area contributed by atoms with Crippen molar-refractivity contribution in [3.05, 3.63) is 59.6 Å². The molecule has 0 aliphatic carbocycles. The second kappa shape index (κ2) is 8.35. The second-order valence-corrected chi connectivity index (χ2v) is 6.52. The smallest absolute Gasteiger partial charge is 0.219 e. The number of rotatable bonds is 4. The van der Waals surface area contributed by atoms with Gasteiger partial charge in [0.05, 0.1) is 6.54 Å². The third-order valence-electron chi connectivity index (χ3n) is 4.76. The topological polar surface area (TPSA) is 105 Å². The molecular weight excluding hydrogens is 352 g/mol. The Morgan fingerprint density at radius 1 is 1.21 bits per heavy atom. The summed E-state index contributed by atoms with van der Waals surface area (Å²) < 4.78 is 0. The Morgan fingerprint density at radius 3 is 2.50 bits per heavy atom. The number of hydrogen-bond acceptors (Lipinski definition) is 5. The van der Waals surface area contributed by atoms with E-state index in [-0.39, 0.29) is 11.7 Å². The predicted molar refractivity (Wildman–Crippen MR) is 109 cm³/mol. The van der Waals surface area contributed by atoms with E-state index < -0.39 is 0 Å². The fourth-order valence-electron chi connectivity index (χ4n) is 3.13. The molecule has 3 N–H and O–H groups in total. The molecule has 2 heterocycles. The van der Waals surface area contributed by atoms with Gasteiger partial charge in [0, 0.05) is 55.7 Å². The molecule has 0 saturated carbocycles. The number of nitriles is 1. The van der Waals surface area contributed by atoms with Crippen molar-refractivity contribution < 1.29 is 4.79 Å². The van der Waals surface area contributed by atoms with Gasteiger partial charge in [0.25, 0.3) is 0 Å². The number of carbonyl (C=O) groups excluding carboxylic acids is 1. The summed E-state index contributed by atoms with van der Waals surface area (Å²) in [5, 5.41) is 23.6. The molecule has 0 bridgehead atoms. The SMILES string of the molecule is CNC1=C(C(=N)Nc2ccc(-c3ccc(C#N)nc3)cc2)CN(C(C)=O)CC1. The van der Waals surface area contributed by atoms with Crippen LogP contribution >= 0.6 is 0 Å². The number of carbonyl (C=O) groups is 1. The molecule has 142 valence electrons. The van der Waals surface area contributed by atoms with Crippen LogP contribution in [-0.2, 0) is 4.79 Å². The molecule has 1 amide bonds. The first-order valence-corrected chi connectivity index (χ1v) is 8.99. The van der Waals surface area contributed by atoms with Crippen molar-refractivity contribution in [3.8, 4) is 17.2 Å². The van der Waals surface area contributed by atoms with Crippen molar-refractivity contribution in [1.82, 2.24) is 15.2 Å². The zero-order valence-electron chi connectivity index (χ0n) is 15.9. The molecule has 1 aliphatic heterocycles. The van der Waals surface area contributed by atoms with Gasteiger partial charge in [-0.05, 0) is 29.8 Å². The maximum absolute atomic E-state index is 11.7. The average molecular weight is 374 g/mol. The summed E-state index contributed by atoms with van der Waals surface area (Å²) in [4.78, 5) is 17.5. The number of nitrogens with zero attached hydrogens (tertiary/aromatic N) is 3. The fraction of sp³-hybridized carbons (Fsp3) is 0.238. The summed E-state index contributed by atoms with van der Waals surface area (Å²) in [5.74, 6) is 0.295. The third-order valence-corrected chi connectivity index (χ3v) is 4.76. The van der Waals surface area contributed by atoms with Crippen molar-refractivity contribution in [2.45, 2.75) is 13.3 Å². The molecule has 0 radical (unpaired) electrons. The molecule has 0 spiro atoms. The lowest BCUT2D eigenvalue weighted by atomic mass is 10.0. The van der Waals surface area contributed by atoms with Gasteiger partial charge in [0.2, 0.25) is 5.91 Å². The van der Waals surface area contributed by atoms with Crippen LogP contribution in [0.15, 0.2) is 53.9 Å². The first-order valence-electron chi connectivity index (χ1n) is 8.99. The lowest BCUT2D eigenvalue weighted by molar-refractivity contribution is -0.128. The predicted octanol–water partition coefficient (Wildman–Crippen LogP) is 2.74. The van der Waals surface area contributed by atoms with Crippen LogP contribution in [0.2, 0.25) is 0 Å². The first-order chi connectivity index (χ1) is 13.5. The molecule has 0 atom stereocenters. The highest BCUT2D eigenvalue weighted by atomic mass is 16.2. The second-order valence-electron chi connectivity index (χ2n) is 6.52. The van der Waals surface area contributed by atoms with E-state index in [1.165, 1.54) is 0 Å². The minimum atomic E-state index is 0.0147. The molecule has 1 aromatic carbocycles. The van der Waals surface area contributed by atoms with E-state index in [0.29, 0.717) is 25.2 Å². The van der Waals surface area contributed by atoms with Crippen LogP contribution < -0.4 is 10.6 Å². The Bertz CT molecular complexity index is 954. The molecule has 0 fully saturated rings. The van der Waals surface area contributed by atoms with Crippen LogP contribution in [0.5, 0.6) is 0 Å². The van der Waals surface area contributed by atoms with Crippen molar-refractivity contribution in [3.63, 3.8) is 0 Å². The first kappa shape index (κ1) is 19.1. The number of amides is 1. The summed E-state index contributed by atoms with van der Waals surface area (Å²) in [6, 6.07) is 13.2. The zero-order valence-corrected chi connectivity index (χ0v) is 15.9. The Kier molecular flexibility index (Phi) is 5.70. The Balaban J connectivity index is 1.74. The summed E-state index contributed by atoms with van der Waals surface area (Å²) in [7, 11) is 1.84. The number of amidine groups is 1. The van der Waals surface area contributed by atoms with E-state index in [4.69, 9.17) is 10.7 Å². The van der Waals surface area contributed by atoms with Crippen molar-refractivity contribution in [1.29, 1.82) is 10.7 Å². The highest BCUT2D eigenvalue weighted by Gasteiger charge is 2.23. The molecule has 28 heavy (non-hydrogen) atoms. The van der Waals surface area contributed by atoms with Crippen molar-refractivity contribution >= 4 is 17.4 Å². The largest absolute Gasteiger partial charge is 0.391 e. The summed E-state index contributed by atoms with van der Waals surface area (Å²) in [6.45, 7) is 2.64. The van der Waals surface area contributed by atoms with Crippen molar-refractivity contribution in [2.24, 2.45) is 0 Å². The average Bonchev–Trinajstić information content (AvgIpc) is 2.73. The molecule has 3 rings (SSSR count). The van der Waals surface area contributed by atoms with E-state index in [2.05, 4.69) is 15.6 Å². The maximum atomic E-state index is 11.7. The Hall–Kier alpha value is -3.66. The maximum Gasteiger partial charge on any atom is 0.219 e. The number of nitrogens with one attached hydrogen (secondary N) is 3. The molecule has 0 saturated heterocycles. The van der Waals surface area contributed by atoms with E-state index in [1.54, 1.807) is 24.1 Å². The number of benzene rings is 1. The summed E-state index contributed by atoms with van der Waals surface area (Å²) in [6.07, 6.45) is 2.38. The lowest BCUT2D eigenvalue weighted by Gasteiger charge is -2.30. The Labute approximate surface area is 164 Å². The van der Waals surface area contributed by atoms with Crippen LogP contribution in [0.4, 0.5) is 5.69 Å². The van der Waals surface area contributed by atoms with Gasteiger partial charge in [-0.3, -0.25) is 10.2 Å². The summed E-state index contributed by atoms with van der Waals surface area (Å²) >= 11 is 0. The quantitative estimate of drug-likeness (QED) is 0.564. The highest BCUT2D eigenvalue weighted by Crippen LogP contribution is 2.22. The van der Waals surface area contributed by atoms with Gasteiger partial charge in [0.1, 0.15) is 17.6 Å². The van der Waals surface area contributed by atoms with Gasteiger partial charge in [-0.15, -0.1) is 0 Å². The number of pyridine rings is 1. The molecule has 0 unspecified atom stereocenters. The van der Waals surface area contributed by atoms with E-state index in [9.17, 15) is 4.79 Å². The molecule has 2 aromatic rings. The highest BCUT2D eigenvalue weighted by molar-refractivity contribution is 6.07. The van der Waals surface area contributed by atoms with Gasteiger partial charge < -0.3 is 15.5 Å². The molecule has 7 heteroatoms. The van der Waals surface area contributed by atoms with E-state index in [0.717, 1.165) is 28.1 Å². The lowest BCUT2D eigenvalue weighted by Crippen LogP contribution is -2.40. The minimum Gasteiger partial charge on any atom is -0.391 e. The molecule has 1 aliphatic rings. The van der Waals surface area contributed by atoms with Crippen LogP contribution in [0.25, 0.3) is 11.1 Å². The van der Waals surface area contributed by atoms with Crippen molar-refractivity contribution in [2.75, 3.05) is 25.5 Å². The van der Waals surface area contributed by atoms with Gasteiger partial charge in [-0.25, -0.2) is 4.98 Å². The minimum absolute atomic E-state index is 0.0147. The number of anilines is 1. The van der Waals surface area contributed by atoms with Crippen LogP contribution in [0, 0.1) is 16.7 Å². The fourth-order valence-corrected chi connectivity index (χ4v) is 3.13. The van der Waals surface area contributed by atoms with E-state index in [1.807, 2.05) is 43.4 Å². The van der Waals surface area contributed by atoms with E-state index >= 15 is 0 Å². The van der Waals surface area contributed by atoms with Crippen LogP contribution in [0.1, 0.15) is 19.0 Å². The number of hydrogen-bond donors (Lipinski definition) is 3.